The van der Waals surface area contributed by atoms with Crippen LogP contribution < -0.4 is 4.57 Å². The van der Waals surface area contributed by atoms with E-state index < -0.39 is 0 Å². The largest absolute Gasteiger partial charge is 0.287 e. The lowest BCUT2D eigenvalue weighted by molar-refractivity contribution is -0.663. The molecule has 0 spiro atoms. The van der Waals surface area contributed by atoms with Gasteiger partial charge in [-0.25, -0.2) is 4.57 Å². The maximum Gasteiger partial charge on any atom is 0.287 e. The smallest absolute Gasteiger partial charge is 0.265 e. The van der Waals surface area contributed by atoms with Gasteiger partial charge in [0.1, 0.15) is 5.69 Å². The molecule has 0 saturated heterocycles. The average molecular weight is 328 g/mol. The maximum absolute atomic E-state index is 4.67. The molecule has 2 heterocycles. The predicted octanol–water partition coefficient (Wildman–Crippen LogP) is 3.99. The number of fused-ring (bicyclic) bond motifs is 1. The summed E-state index contributed by atoms with van der Waals surface area (Å²) in [5.74, 6) is 0. The molecule has 0 saturated carbocycles. The number of hydrogen-bond donors (Lipinski definition) is 0. The Balaban J connectivity index is 1.87. The first-order chi connectivity index (χ1) is 12.0. The second-order valence-corrected chi connectivity index (χ2v) is 6.90. The van der Waals surface area contributed by atoms with Crippen LogP contribution >= 0.6 is 0 Å². The van der Waals surface area contributed by atoms with Crippen LogP contribution in [0, 0.1) is 20.8 Å². The van der Waals surface area contributed by atoms with Crippen molar-refractivity contribution < 1.29 is 4.57 Å². The maximum atomic E-state index is 4.67. The van der Waals surface area contributed by atoms with Gasteiger partial charge in [-0.3, -0.25) is 4.98 Å². The lowest BCUT2D eigenvalue weighted by atomic mass is 9.94. The SMILES string of the molecule is Cc1cc(C)c(C)c(-c2c3c(nc[n+]2C)C=C(c2ccncc2)C3)c1. The van der Waals surface area contributed by atoms with Crippen molar-refractivity contribution in [3.63, 3.8) is 0 Å². The van der Waals surface area contributed by atoms with Gasteiger partial charge in [-0.1, -0.05) is 11.6 Å². The summed E-state index contributed by atoms with van der Waals surface area (Å²) in [6, 6.07) is 8.68. The van der Waals surface area contributed by atoms with E-state index in [2.05, 4.69) is 72.7 Å². The normalized spacial score (nSPS) is 12.9. The summed E-state index contributed by atoms with van der Waals surface area (Å²) in [6.45, 7) is 6.56. The van der Waals surface area contributed by atoms with Crippen LogP contribution in [0.3, 0.4) is 0 Å². The highest BCUT2D eigenvalue weighted by molar-refractivity contribution is 5.89. The van der Waals surface area contributed by atoms with E-state index in [-0.39, 0.29) is 0 Å². The lowest BCUT2D eigenvalue weighted by Crippen LogP contribution is -2.33. The molecule has 0 amide bonds. The predicted molar refractivity (Wildman–Crippen MR) is 101 cm³/mol. The molecule has 0 aliphatic heterocycles. The number of nitrogens with zero attached hydrogens (tertiary/aromatic N) is 3. The molecule has 2 aromatic heterocycles. The van der Waals surface area contributed by atoms with E-state index in [0.717, 1.165) is 12.1 Å². The number of rotatable bonds is 2. The van der Waals surface area contributed by atoms with Crippen molar-refractivity contribution in [1.29, 1.82) is 0 Å². The first-order valence-corrected chi connectivity index (χ1v) is 8.61. The number of allylic oxidation sites excluding steroid dienone is 1. The summed E-state index contributed by atoms with van der Waals surface area (Å²) in [5.41, 5.74) is 11.5. The molecular weight excluding hydrogens is 306 g/mol. The summed E-state index contributed by atoms with van der Waals surface area (Å²) in [7, 11) is 2.09. The van der Waals surface area contributed by atoms with Crippen molar-refractivity contribution in [1.82, 2.24) is 9.97 Å². The van der Waals surface area contributed by atoms with E-state index in [1.165, 1.54) is 44.6 Å². The van der Waals surface area contributed by atoms with Crippen LogP contribution in [-0.4, -0.2) is 9.97 Å². The Bertz CT molecular complexity index is 1000. The first kappa shape index (κ1) is 15.7. The van der Waals surface area contributed by atoms with Crippen molar-refractivity contribution in [2.45, 2.75) is 27.2 Å². The highest BCUT2D eigenvalue weighted by Crippen LogP contribution is 2.36. The third kappa shape index (κ3) is 2.66. The summed E-state index contributed by atoms with van der Waals surface area (Å²) < 4.78 is 2.16. The third-order valence-corrected chi connectivity index (χ3v) is 5.11. The van der Waals surface area contributed by atoms with Gasteiger partial charge in [0.15, 0.2) is 5.69 Å². The molecule has 0 atom stereocenters. The van der Waals surface area contributed by atoms with Gasteiger partial charge in [-0.15, -0.1) is 0 Å². The average Bonchev–Trinajstić information content (AvgIpc) is 3.03. The number of aromatic nitrogens is 3. The zero-order chi connectivity index (χ0) is 17.6. The summed E-state index contributed by atoms with van der Waals surface area (Å²) in [4.78, 5) is 8.80. The molecule has 124 valence electrons. The van der Waals surface area contributed by atoms with Gasteiger partial charge in [0.05, 0.1) is 12.6 Å². The summed E-state index contributed by atoms with van der Waals surface area (Å²) in [5, 5.41) is 0. The number of aryl methyl sites for hydroxylation is 3. The van der Waals surface area contributed by atoms with Crippen molar-refractivity contribution in [3.8, 4) is 11.3 Å². The zero-order valence-corrected chi connectivity index (χ0v) is 15.2. The molecule has 4 rings (SSSR count). The van der Waals surface area contributed by atoms with Crippen molar-refractivity contribution >= 4 is 11.6 Å². The first-order valence-electron chi connectivity index (χ1n) is 8.61. The topological polar surface area (TPSA) is 29.7 Å². The summed E-state index contributed by atoms with van der Waals surface area (Å²) in [6.07, 6.45) is 8.75. The van der Waals surface area contributed by atoms with Gasteiger partial charge in [0.2, 0.25) is 0 Å². The van der Waals surface area contributed by atoms with Crippen molar-refractivity contribution in [2.75, 3.05) is 0 Å². The van der Waals surface area contributed by atoms with E-state index >= 15 is 0 Å². The molecule has 3 aromatic rings. The van der Waals surface area contributed by atoms with Crippen LogP contribution in [0.15, 0.2) is 43.0 Å². The molecular formula is C22H22N3+. The molecule has 0 radical (unpaired) electrons. The highest BCUT2D eigenvalue weighted by atomic mass is 15.0. The minimum Gasteiger partial charge on any atom is -0.265 e. The van der Waals surface area contributed by atoms with Crippen LogP contribution in [0.2, 0.25) is 0 Å². The quantitative estimate of drug-likeness (QED) is 0.666. The minimum absolute atomic E-state index is 0.906. The second kappa shape index (κ2) is 5.92. The van der Waals surface area contributed by atoms with E-state index in [9.17, 15) is 0 Å². The van der Waals surface area contributed by atoms with Crippen LogP contribution in [0.1, 0.15) is 33.5 Å². The number of hydrogen-bond acceptors (Lipinski definition) is 2. The van der Waals surface area contributed by atoms with Crippen molar-refractivity contribution in [3.05, 3.63) is 76.5 Å². The monoisotopic (exact) mass is 328 g/mol. The van der Waals surface area contributed by atoms with E-state index in [1.54, 1.807) is 0 Å². The van der Waals surface area contributed by atoms with Crippen LogP contribution in [0.5, 0.6) is 0 Å². The fourth-order valence-electron chi connectivity index (χ4n) is 3.71. The lowest BCUT2D eigenvalue weighted by Gasteiger charge is -2.13. The molecule has 1 aliphatic carbocycles. The van der Waals surface area contributed by atoms with E-state index in [4.69, 9.17) is 0 Å². The fraction of sp³-hybridized carbons (Fsp3) is 0.227. The molecule has 25 heavy (non-hydrogen) atoms. The standard InChI is InChI=1S/C22H22N3/c1-14-9-15(2)16(3)19(10-14)22-20-11-18(17-5-7-23-8-6-17)12-21(20)24-13-25(22)4/h5-10,12-13H,11H2,1-4H3/q+1. The Morgan fingerprint density at radius 1 is 1.04 bits per heavy atom. The molecule has 0 unspecified atom stereocenters. The Morgan fingerprint density at radius 3 is 2.56 bits per heavy atom. The van der Waals surface area contributed by atoms with Gasteiger partial charge in [-0.05, 0) is 72.3 Å². The number of pyridine rings is 1. The van der Waals surface area contributed by atoms with Crippen LogP contribution in [0.4, 0.5) is 0 Å². The fourth-order valence-corrected chi connectivity index (χ4v) is 3.71. The van der Waals surface area contributed by atoms with Gasteiger partial charge in [-0.2, -0.15) is 0 Å². The zero-order valence-electron chi connectivity index (χ0n) is 15.2. The van der Waals surface area contributed by atoms with Gasteiger partial charge < -0.3 is 0 Å². The molecule has 0 bridgehead atoms. The highest BCUT2D eigenvalue weighted by Gasteiger charge is 2.27. The third-order valence-electron chi connectivity index (χ3n) is 5.11. The minimum atomic E-state index is 0.906. The molecule has 3 nitrogen and oxygen atoms in total. The van der Waals surface area contributed by atoms with Crippen molar-refractivity contribution in [2.24, 2.45) is 7.05 Å². The molecule has 0 fully saturated rings. The Morgan fingerprint density at radius 2 is 1.80 bits per heavy atom. The molecule has 1 aromatic carbocycles. The van der Waals surface area contributed by atoms with E-state index in [1.807, 2.05) is 18.7 Å². The Kier molecular flexibility index (Phi) is 3.72. The van der Waals surface area contributed by atoms with Crippen LogP contribution in [0.25, 0.3) is 22.9 Å². The van der Waals surface area contributed by atoms with Gasteiger partial charge in [0.25, 0.3) is 6.33 Å². The second-order valence-electron chi connectivity index (χ2n) is 6.90. The Hall–Kier alpha value is -2.81. The Labute approximate surface area is 148 Å². The van der Waals surface area contributed by atoms with Crippen LogP contribution in [-0.2, 0) is 13.5 Å². The van der Waals surface area contributed by atoms with Gasteiger partial charge >= 0.3 is 0 Å². The summed E-state index contributed by atoms with van der Waals surface area (Å²) >= 11 is 0. The van der Waals surface area contributed by atoms with E-state index in [0.29, 0.717) is 0 Å². The number of benzene rings is 1. The van der Waals surface area contributed by atoms with Gasteiger partial charge in [0, 0.05) is 24.4 Å². The molecule has 1 aliphatic rings. The molecule has 3 heteroatoms. The molecule has 0 N–H and O–H groups in total.